The topological polar surface area (TPSA) is 76.1 Å². The van der Waals surface area contributed by atoms with Crippen LogP contribution in [0.15, 0.2) is 30.3 Å². The van der Waals surface area contributed by atoms with Gasteiger partial charge in [-0.15, -0.1) is 0 Å². The molecule has 0 spiro atoms. The van der Waals surface area contributed by atoms with Crippen LogP contribution >= 0.6 is 0 Å². The largest absolute Gasteiger partial charge is 0.513 e. The Morgan fingerprint density at radius 1 is 1.11 bits per heavy atom. The van der Waals surface area contributed by atoms with Crippen LogP contribution in [0.2, 0.25) is 0 Å². The monoisotopic (exact) mass is 495 g/mol. The molecule has 0 bridgehead atoms. The van der Waals surface area contributed by atoms with Crippen LogP contribution < -0.4 is 18.9 Å². The van der Waals surface area contributed by atoms with Crippen molar-refractivity contribution < 1.29 is 46.0 Å². The molecule has 0 amide bonds. The molecule has 0 N–H and O–H groups in total. The number of methoxy groups -OCH3 is 2. The number of nitrogens with zero attached hydrogens (tertiary/aromatic N) is 1. The average Bonchev–Trinajstić information content (AvgIpc) is 2.81. The highest BCUT2D eigenvalue weighted by Gasteiger charge is 2.62. The van der Waals surface area contributed by atoms with Crippen molar-refractivity contribution in [2.24, 2.45) is 0 Å². The fourth-order valence-electron chi connectivity index (χ4n) is 3.76. The van der Waals surface area contributed by atoms with Gasteiger partial charge in [0.25, 0.3) is 0 Å². The molecule has 0 radical (unpaired) electrons. The first-order chi connectivity index (χ1) is 16.5. The lowest BCUT2D eigenvalue weighted by Crippen LogP contribution is -2.49. The van der Waals surface area contributed by atoms with Gasteiger partial charge in [-0.05, 0) is 37.6 Å². The van der Waals surface area contributed by atoms with Gasteiger partial charge in [0.15, 0.2) is 11.5 Å². The lowest BCUT2D eigenvalue weighted by molar-refractivity contribution is -0.316. The second-order valence-electron chi connectivity index (χ2n) is 7.81. The number of alkyl halides is 4. The van der Waals surface area contributed by atoms with E-state index in [4.69, 9.17) is 14.2 Å². The highest BCUT2D eigenvalue weighted by molar-refractivity contribution is 5.91. The smallest absolute Gasteiger partial charge is 0.493 e. The number of carbonyl (C=O) groups excluding carboxylic acids is 1. The second kappa shape index (κ2) is 8.79. The number of hydrogen-bond acceptors (Lipinski definition) is 7. The predicted molar refractivity (Wildman–Crippen MR) is 116 cm³/mol. The molecule has 3 aromatic rings. The molecule has 0 saturated carbocycles. The van der Waals surface area contributed by atoms with E-state index >= 15 is 0 Å². The molecule has 0 fully saturated rings. The Morgan fingerprint density at radius 2 is 1.86 bits per heavy atom. The van der Waals surface area contributed by atoms with Crippen molar-refractivity contribution in [2.45, 2.75) is 38.7 Å². The van der Waals surface area contributed by atoms with Gasteiger partial charge < -0.3 is 23.7 Å². The number of aryl methyl sites for hydroxylation is 1. The minimum atomic E-state index is -4.61. The minimum Gasteiger partial charge on any atom is -0.493 e. The number of hydrogen-bond donors (Lipinski definition) is 0. The van der Waals surface area contributed by atoms with Gasteiger partial charge in [-0.1, -0.05) is 6.92 Å². The third kappa shape index (κ3) is 4.38. The molecule has 0 aliphatic carbocycles. The van der Waals surface area contributed by atoms with Crippen molar-refractivity contribution in [1.82, 2.24) is 4.98 Å². The fraction of sp³-hybridized carbons (Fsp3) is 0.333. The van der Waals surface area contributed by atoms with Crippen LogP contribution in [0.5, 0.6) is 28.7 Å². The molecule has 35 heavy (non-hydrogen) atoms. The zero-order valence-corrected chi connectivity index (χ0v) is 19.2. The Labute approximate surface area is 197 Å². The van der Waals surface area contributed by atoms with E-state index in [-0.39, 0.29) is 34.3 Å². The highest BCUT2D eigenvalue weighted by Crippen LogP contribution is 2.47. The Balaban J connectivity index is 1.78. The summed E-state index contributed by atoms with van der Waals surface area (Å²) in [7, 11) is 2.58. The van der Waals surface area contributed by atoms with Crippen molar-refractivity contribution in [2.75, 3.05) is 14.2 Å². The molecule has 186 valence electrons. The summed E-state index contributed by atoms with van der Waals surface area (Å²) in [5.41, 5.74) is 1.63. The third-order valence-corrected chi connectivity index (χ3v) is 5.58. The molecule has 1 aromatic heterocycles. The van der Waals surface area contributed by atoms with E-state index in [9.17, 15) is 22.4 Å². The Bertz CT molecular complexity index is 1310. The molecule has 11 heteroatoms. The van der Waals surface area contributed by atoms with Gasteiger partial charge in [0, 0.05) is 28.3 Å². The average molecular weight is 495 g/mol. The lowest BCUT2D eigenvalue weighted by atomic mass is 10.0. The van der Waals surface area contributed by atoms with Crippen LogP contribution in [0.4, 0.5) is 22.4 Å². The normalized spacial score (nSPS) is 15.7. The summed E-state index contributed by atoms with van der Waals surface area (Å²) in [6.07, 6.45) is -6.18. The first-order valence-corrected chi connectivity index (χ1v) is 10.5. The summed E-state index contributed by atoms with van der Waals surface area (Å²) in [5.74, 6) is -4.04. The van der Waals surface area contributed by atoms with Crippen molar-refractivity contribution in [1.29, 1.82) is 0 Å². The fourth-order valence-corrected chi connectivity index (χ4v) is 3.76. The van der Waals surface area contributed by atoms with Crippen molar-refractivity contribution >= 4 is 17.1 Å². The Kier molecular flexibility index (Phi) is 6.12. The van der Waals surface area contributed by atoms with Gasteiger partial charge in [-0.2, -0.15) is 17.6 Å². The molecule has 7 nitrogen and oxygen atoms in total. The van der Waals surface area contributed by atoms with Crippen molar-refractivity contribution in [3.63, 3.8) is 0 Å². The summed E-state index contributed by atoms with van der Waals surface area (Å²) in [6.45, 7) is 3.64. The molecule has 0 atom stereocenters. The van der Waals surface area contributed by atoms with Gasteiger partial charge in [0.2, 0.25) is 0 Å². The predicted octanol–water partition coefficient (Wildman–Crippen LogP) is 6.21. The maximum Gasteiger partial charge on any atom is 0.513 e. The van der Waals surface area contributed by atoms with Crippen LogP contribution in [0.1, 0.15) is 23.7 Å². The number of pyridine rings is 1. The third-order valence-electron chi connectivity index (χ3n) is 5.58. The molecule has 2 aromatic carbocycles. The van der Waals surface area contributed by atoms with E-state index in [1.807, 2.05) is 6.92 Å². The summed E-state index contributed by atoms with van der Waals surface area (Å²) >= 11 is 0. The molecule has 1 aliphatic rings. The molecular weight excluding hydrogens is 474 g/mol. The van der Waals surface area contributed by atoms with E-state index in [0.29, 0.717) is 28.6 Å². The summed E-state index contributed by atoms with van der Waals surface area (Å²) in [4.78, 5) is 16.5. The van der Waals surface area contributed by atoms with Crippen molar-refractivity contribution in [3.8, 4) is 28.7 Å². The van der Waals surface area contributed by atoms with E-state index < -0.39 is 24.6 Å². The number of ether oxygens (including phenoxy) is 5. The van der Waals surface area contributed by atoms with E-state index in [0.717, 1.165) is 6.07 Å². The van der Waals surface area contributed by atoms with Crippen LogP contribution in [-0.2, 0) is 17.6 Å². The van der Waals surface area contributed by atoms with Gasteiger partial charge in [-0.3, -0.25) is 4.98 Å². The zero-order chi connectivity index (χ0) is 25.5. The minimum absolute atomic E-state index is 0.0799. The number of carbonyl (C=O) groups is 1. The zero-order valence-electron chi connectivity index (χ0n) is 19.2. The summed E-state index contributed by atoms with van der Waals surface area (Å²) in [5, 5.41) is 0.411. The Morgan fingerprint density at radius 3 is 2.51 bits per heavy atom. The van der Waals surface area contributed by atoms with Gasteiger partial charge in [0.1, 0.15) is 17.2 Å². The van der Waals surface area contributed by atoms with Crippen LogP contribution in [0.25, 0.3) is 10.9 Å². The van der Waals surface area contributed by atoms with Gasteiger partial charge >= 0.3 is 18.2 Å². The molecule has 4 rings (SSSR count). The number of fused-ring (bicyclic) bond motifs is 2. The van der Waals surface area contributed by atoms with Gasteiger partial charge in [-0.25, -0.2) is 4.79 Å². The number of benzene rings is 2. The van der Waals surface area contributed by atoms with E-state index in [2.05, 4.69) is 14.5 Å². The maximum absolute atomic E-state index is 13.8. The standard InChI is InChI=1S/C24H21F4NO6/c1-5-16-12(2)21(34-22(30)32-4)15-9-20(19(31-3)10-17(15)29-16)33-14-6-7-18-13(8-14)11-23(25,26)24(27,28)35-18/h6-10H,5,11H2,1-4H3. The molecule has 0 unspecified atom stereocenters. The SMILES string of the molecule is CCc1nc2cc(OC)c(Oc3ccc4c(c3)CC(F)(F)C(F)(F)O4)cc2c(OC(=O)OC)c1C. The van der Waals surface area contributed by atoms with Crippen LogP contribution in [0.3, 0.4) is 0 Å². The summed E-state index contributed by atoms with van der Waals surface area (Å²) < 4.78 is 80.1. The Hall–Kier alpha value is -3.76. The van der Waals surface area contributed by atoms with Crippen molar-refractivity contribution in [3.05, 3.63) is 47.2 Å². The van der Waals surface area contributed by atoms with E-state index in [1.54, 1.807) is 13.0 Å². The maximum atomic E-state index is 13.8. The highest BCUT2D eigenvalue weighted by atomic mass is 19.3. The summed E-state index contributed by atoms with van der Waals surface area (Å²) in [6, 6.07) is 6.72. The van der Waals surface area contributed by atoms with Crippen LogP contribution in [0, 0.1) is 6.92 Å². The van der Waals surface area contributed by atoms with Crippen LogP contribution in [-0.4, -0.2) is 37.4 Å². The lowest BCUT2D eigenvalue weighted by Gasteiger charge is -2.32. The number of halogens is 4. The second-order valence-corrected chi connectivity index (χ2v) is 7.81. The number of aromatic nitrogens is 1. The molecular formula is C24H21F4NO6. The van der Waals surface area contributed by atoms with Gasteiger partial charge in [0.05, 0.1) is 26.2 Å². The van der Waals surface area contributed by atoms with E-state index in [1.165, 1.54) is 32.4 Å². The first-order valence-electron chi connectivity index (χ1n) is 10.5. The first kappa shape index (κ1) is 24.4. The molecule has 2 heterocycles. The molecule has 1 aliphatic heterocycles. The molecule has 0 saturated heterocycles. The quantitative estimate of drug-likeness (QED) is 0.308. The number of rotatable bonds is 5.